The fourth-order valence-electron chi connectivity index (χ4n) is 5.01. The van der Waals surface area contributed by atoms with Crippen LogP contribution >= 0.6 is 0 Å². The Bertz CT molecular complexity index is 1450. The topological polar surface area (TPSA) is 120 Å². The number of amides is 2. The fraction of sp³-hybridized carbons (Fsp3) is 0.393. The lowest BCUT2D eigenvalue weighted by molar-refractivity contribution is -0.151. The normalized spacial score (nSPS) is 17.4. The number of nitrogens with zero attached hydrogens (tertiary/aromatic N) is 8. The highest BCUT2D eigenvalue weighted by molar-refractivity contribution is 5.94. The molecule has 3 heterocycles. The molecule has 0 saturated carbocycles. The molecule has 2 aliphatic rings. The first-order valence-electron chi connectivity index (χ1n) is 13.5. The van der Waals surface area contributed by atoms with Gasteiger partial charge in [-0.3, -0.25) is 14.7 Å². The molecular weight excluding hydrogens is 550 g/mol. The van der Waals surface area contributed by atoms with Gasteiger partial charge in [0.1, 0.15) is 30.2 Å². The van der Waals surface area contributed by atoms with Gasteiger partial charge in [0.15, 0.2) is 6.73 Å². The Morgan fingerprint density at radius 3 is 2.50 bits per heavy atom. The van der Waals surface area contributed by atoms with Gasteiger partial charge in [0, 0.05) is 30.4 Å². The molecule has 2 aliphatic heterocycles. The lowest BCUT2D eigenvalue weighted by atomic mass is 9.85. The molecule has 0 spiro atoms. The molecule has 2 aromatic carbocycles. The molecule has 14 heteroatoms. The van der Waals surface area contributed by atoms with Crippen molar-refractivity contribution in [3.05, 3.63) is 72.1 Å². The zero-order valence-corrected chi connectivity index (χ0v) is 23.5. The smallest absolute Gasteiger partial charge is 0.324 e. The third-order valence-corrected chi connectivity index (χ3v) is 7.44. The van der Waals surface area contributed by atoms with E-state index in [0.717, 1.165) is 11.8 Å². The number of halogens is 2. The van der Waals surface area contributed by atoms with Crippen LogP contribution in [0.2, 0.25) is 0 Å². The number of esters is 1. The summed E-state index contributed by atoms with van der Waals surface area (Å²) in [5.41, 5.74) is -0.735. The molecule has 1 aromatic heterocycles. The third kappa shape index (κ3) is 5.75. The first kappa shape index (κ1) is 28.9. The Labute approximate surface area is 241 Å². The first-order valence-corrected chi connectivity index (χ1v) is 13.5. The van der Waals surface area contributed by atoms with Gasteiger partial charge in [0.25, 0.3) is 0 Å². The van der Waals surface area contributed by atoms with Crippen molar-refractivity contribution in [2.45, 2.75) is 32.4 Å². The van der Waals surface area contributed by atoms with Crippen LogP contribution in [0.15, 0.2) is 60.0 Å². The van der Waals surface area contributed by atoms with E-state index in [2.05, 4.69) is 15.4 Å². The summed E-state index contributed by atoms with van der Waals surface area (Å²) in [7, 11) is 0. The van der Waals surface area contributed by atoms with Crippen LogP contribution in [0.4, 0.5) is 19.3 Å². The molecule has 1 fully saturated rings. The van der Waals surface area contributed by atoms with E-state index in [1.807, 2.05) is 12.1 Å². The number of aliphatic hydroxyl groups is 1. The number of hydrogen-bond donors (Lipinski definition) is 1. The largest absolute Gasteiger partial charge is 0.444 e. The van der Waals surface area contributed by atoms with Crippen molar-refractivity contribution in [2.24, 2.45) is 11.0 Å². The van der Waals surface area contributed by atoms with E-state index in [0.29, 0.717) is 18.3 Å². The molecule has 222 valence electrons. The monoisotopic (exact) mass is 582 g/mol. The molecule has 12 nitrogen and oxygen atoms in total. The number of aromatic nitrogens is 3. The Balaban J connectivity index is 1.34. The van der Waals surface area contributed by atoms with E-state index >= 15 is 4.39 Å². The molecular formula is C28H32F2N8O4. The number of rotatable bonds is 10. The van der Waals surface area contributed by atoms with Gasteiger partial charge in [-0.1, -0.05) is 25.1 Å². The summed E-state index contributed by atoms with van der Waals surface area (Å²) in [4.78, 5) is 30.1. The van der Waals surface area contributed by atoms with Crippen molar-refractivity contribution in [1.82, 2.24) is 29.8 Å². The summed E-state index contributed by atoms with van der Waals surface area (Å²) in [5.74, 6) is -2.40. The predicted molar refractivity (Wildman–Crippen MR) is 148 cm³/mol. The van der Waals surface area contributed by atoms with Crippen LogP contribution in [0.1, 0.15) is 26.3 Å². The van der Waals surface area contributed by atoms with E-state index in [9.17, 15) is 19.1 Å². The highest BCUT2D eigenvalue weighted by atomic mass is 19.1. The van der Waals surface area contributed by atoms with Gasteiger partial charge >= 0.3 is 12.0 Å². The maximum absolute atomic E-state index is 15.2. The van der Waals surface area contributed by atoms with Crippen molar-refractivity contribution in [3.63, 3.8) is 0 Å². The summed E-state index contributed by atoms with van der Waals surface area (Å²) < 4.78 is 35.8. The number of urea groups is 1. The van der Waals surface area contributed by atoms with Crippen LogP contribution in [0.3, 0.4) is 0 Å². The van der Waals surface area contributed by atoms with Gasteiger partial charge in [-0.2, -0.15) is 5.10 Å². The van der Waals surface area contributed by atoms with Gasteiger partial charge in [-0.25, -0.2) is 18.3 Å². The van der Waals surface area contributed by atoms with Crippen LogP contribution < -0.4 is 4.90 Å². The maximum Gasteiger partial charge on any atom is 0.324 e. The minimum Gasteiger partial charge on any atom is -0.444 e. The van der Waals surface area contributed by atoms with Crippen LogP contribution in [-0.2, 0) is 15.1 Å². The summed E-state index contributed by atoms with van der Waals surface area (Å²) in [6.07, 6.45) is 4.72. The molecule has 42 heavy (non-hydrogen) atoms. The molecule has 0 bridgehead atoms. The number of ether oxygens (including phenoxy) is 1. The molecule has 2 amide bonds. The van der Waals surface area contributed by atoms with Gasteiger partial charge in [0.05, 0.1) is 36.6 Å². The summed E-state index contributed by atoms with van der Waals surface area (Å²) >= 11 is 0. The van der Waals surface area contributed by atoms with Crippen LogP contribution in [0.25, 0.3) is 5.69 Å². The average Bonchev–Trinajstić information content (AvgIpc) is 3.73. The second-order valence-corrected chi connectivity index (χ2v) is 10.6. The van der Waals surface area contributed by atoms with Crippen molar-refractivity contribution in [1.29, 1.82) is 0 Å². The average molecular weight is 583 g/mol. The van der Waals surface area contributed by atoms with Crippen molar-refractivity contribution in [3.8, 4) is 5.69 Å². The molecule has 0 aliphatic carbocycles. The van der Waals surface area contributed by atoms with Crippen molar-refractivity contribution >= 4 is 24.0 Å². The van der Waals surface area contributed by atoms with Gasteiger partial charge in [-0.15, -0.1) is 5.10 Å². The van der Waals surface area contributed by atoms with E-state index < -0.39 is 23.3 Å². The number of hydrogen-bond acceptors (Lipinski definition) is 9. The van der Waals surface area contributed by atoms with E-state index in [-0.39, 0.29) is 50.0 Å². The minimum absolute atomic E-state index is 0.0504. The Kier molecular flexibility index (Phi) is 8.07. The number of hydrazone groups is 1. The Morgan fingerprint density at radius 2 is 1.83 bits per heavy atom. The van der Waals surface area contributed by atoms with Gasteiger partial charge in [-0.05, 0) is 37.3 Å². The van der Waals surface area contributed by atoms with E-state index in [4.69, 9.17) is 4.74 Å². The molecule has 1 N–H and O–H groups in total. The van der Waals surface area contributed by atoms with Crippen LogP contribution in [0.5, 0.6) is 0 Å². The highest BCUT2D eigenvalue weighted by Crippen LogP contribution is 2.35. The maximum atomic E-state index is 15.2. The molecule has 0 unspecified atom stereocenters. The Hall–Kier alpha value is -4.59. The van der Waals surface area contributed by atoms with Crippen molar-refractivity contribution < 1.29 is 28.2 Å². The zero-order valence-electron chi connectivity index (χ0n) is 23.5. The molecule has 2 atom stereocenters. The van der Waals surface area contributed by atoms with Gasteiger partial charge in [0.2, 0.25) is 0 Å². The zero-order chi connectivity index (χ0) is 30.0. The number of anilines is 1. The molecule has 0 radical (unpaired) electrons. The minimum atomic E-state index is -1.98. The summed E-state index contributed by atoms with van der Waals surface area (Å²) in [5, 5.41) is 25.6. The van der Waals surface area contributed by atoms with Crippen LogP contribution in [-0.4, -0.2) is 92.3 Å². The summed E-state index contributed by atoms with van der Waals surface area (Å²) in [6, 6.07) is 8.83. The Morgan fingerprint density at radius 1 is 1.10 bits per heavy atom. The second kappa shape index (κ2) is 11.7. The lowest BCUT2D eigenvalue weighted by Gasteiger charge is -2.41. The van der Waals surface area contributed by atoms with Gasteiger partial charge < -0.3 is 19.6 Å². The molecule has 5 rings (SSSR count). The molecule has 1 saturated heterocycles. The number of carbonyl (C=O) groups excluding carboxylic acids is 2. The number of carbonyl (C=O) groups is 2. The first-order chi connectivity index (χ1) is 20.1. The lowest BCUT2D eigenvalue weighted by Crippen LogP contribution is -2.55. The highest BCUT2D eigenvalue weighted by Gasteiger charge is 2.47. The fourth-order valence-corrected chi connectivity index (χ4v) is 5.01. The summed E-state index contributed by atoms with van der Waals surface area (Å²) in [6.45, 7) is 5.53. The standard InChI is InChI=1S/C28H32F2N8O4/c1-19(2)26(39)42-18-34-16-32-35(17-34)15-28(41,24-9-4-21(29)14-25(24)30)20(3)36-12-13-37(27(36)40)22-5-7-23(8-6-22)38-11-10-31-33-38/h4-11,14,16,19-20,41H,12-13,15,17-18H2,1-3H3/t20-,28-/m1/s1. The quantitative estimate of drug-likeness (QED) is 0.363. The SMILES string of the molecule is CC(C)C(=O)OCN1C=NN(C[C@](O)(c2ccc(F)cc2F)[C@@H](C)N2CCN(c3ccc(-n4ccnn4)cc3)C2=O)C1. The van der Waals surface area contributed by atoms with E-state index in [1.54, 1.807) is 59.8 Å². The molecule has 3 aromatic rings. The van der Waals surface area contributed by atoms with Crippen LogP contribution in [0, 0.1) is 17.6 Å². The predicted octanol–water partition coefficient (Wildman–Crippen LogP) is 2.74. The number of β-amino-alcohol motifs (C(OH)–C–C–N with tert-alkyl or cyclic N) is 1. The second-order valence-electron chi connectivity index (χ2n) is 10.6. The number of benzene rings is 2. The van der Waals surface area contributed by atoms with E-state index in [1.165, 1.54) is 22.3 Å². The third-order valence-electron chi connectivity index (χ3n) is 7.44. The van der Waals surface area contributed by atoms with Crippen molar-refractivity contribution in [2.75, 3.05) is 37.9 Å².